The fourth-order valence-electron chi connectivity index (χ4n) is 1.62. The molecule has 1 amide bonds. The third kappa shape index (κ3) is 2.95. The van der Waals surface area contributed by atoms with E-state index in [1.165, 1.54) is 12.1 Å². The van der Waals surface area contributed by atoms with E-state index in [1.54, 1.807) is 25.4 Å². The van der Waals surface area contributed by atoms with E-state index < -0.39 is 4.92 Å². The number of hydrogen-bond acceptors (Lipinski definition) is 4. The molecule has 1 aromatic carbocycles. The molecule has 0 aliphatic rings. The number of aryl methyl sites for hydroxylation is 1. The molecular weight excluding hydrogens is 248 g/mol. The predicted molar refractivity (Wildman–Crippen MR) is 67.6 cm³/mol. The molecule has 7 nitrogen and oxygen atoms in total. The van der Waals surface area contributed by atoms with Gasteiger partial charge in [0.05, 0.1) is 11.1 Å². The minimum atomic E-state index is -0.522. The lowest BCUT2D eigenvalue weighted by Gasteiger charge is -2.06. The molecule has 0 unspecified atom stereocenters. The van der Waals surface area contributed by atoms with E-state index in [4.69, 9.17) is 0 Å². The molecule has 0 radical (unpaired) electrons. The van der Waals surface area contributed by atoms with E-state index >= 15 is 0 Å². The smallest absolute Gasteiger partial charge is 0.270 e. The minimum absolute atomic E-state index is 0.0981. The van der Waals surface area contributed by atoms with E-state index in [0.29, 0.717) is 17.7 Å². The summed E-state index contributed by atoms with van der Waals surface area (Å²) in [5.74, 6) is -0.345. The van der Waals surface area contributed by atoms with Crippen molar-refractivity contribution in [1.82, 2.24) is 15.5 Å². The first-order valence-electron chi connectivity index (χ1n) is 5.59. The lowest BCUT2D eigenvalue weighted by atomic mass is 10.1. The summed E-state index contributed by atoms with van der Waals surface area (Å²) in [5, 5.41) is 19.8. The van der Waals surface area contributed by atoms with Crippen LogP contribution in [0.25, 0.3) is 0 Å². The van der Waals surface area contributed by atoms with Crippen molar-refractivity contribution < 1.29 is 9.72 Å². The highest BCUT2D eigenvalue weighted by molar-refractivity contribution is 5.96. The lowest BCUT2D eigenvalue weighted by Crippen LogP contribution is -2.23. The third-order valence-electron chi connectivity index (χ3n) is 2.68. The SMILES string of the molecule is Cc1ccc([N+](=O)[O-])cc1C(=O)NCc1cn[nH]c1. The first-order valence-corrected chi connectivity index (χ1v) is 5.59. The van der Waals surface area contributed by atoms with Crippen molar-refractivity contribution >= 4 is 11.6 Å². The number of amides is 1. The fraction of sp³-hybridized carbons (Fsp3) is 0.167. The van der Waals surface area contributed by atoms with Gasteiger partial charge in [-0.1, -0.05) is 6.07 Å². The highest BCUT2D eigenvalue weighted by atomic mass is 16.6. The molecule has 0 saturated heterocycles. The zero-order valence-corrected chi connectivity index (χ0v) is 10.2. The molecule has 0 atom stereocenters. The number of nitrogens with one attached hydrogen (secondary N) is 2. The summed E-state index contributed by atoms with van der Waals surface area (Å²) in [5.41, 5.74) is 1.73. The van der Waals surface area contributed by atoms with Crippen LogP contribution in [0.4, 0.5) is 5.69 Å². The summed E-state index contributed by atoms with van der Waals surface area (Å²) in [6.07, 6.45) is 3.27. The van der Waals surface area contributed by atoms with Crippen molar-refractivity contribution in [3.05, 3.63) is 57.4 Å². The molecule has 2 aromatic rings. The Kier molecular flexibility index (Phi) is 3.56. The molecule has 19 heavy (non-hydrogen) atoms. The summed E-state index contributed by atoms with van der Waals surface area (Å²) >= 11 is 0. The van der Waals surface area contributed by atoms with Crippen LogP contribution in [0.2, 0.25) is 0 Å². The van der Waals surface area contributed by atoms with Gasteiger partial charge in [0.2, 0.25) is 0 Å². The van der Waals surface area contributed by atoms with Gasteiger partial charge in [0.1, 0.15) is 0 Å². The predicted octanol–water partition coefficient (Wildman–Crippen LogP) is 1.56. The Morgan fingerprint density at radius 2 is 2.32 bits per heavy atom. The van der Waals surface area contributed by atoms with E-state index in [1.807, 2.05) is 0 Å². The van der Waals surface area contributed by atoms with Crippen molar-refractivity contribution in [2.45, 2.75) is 13.5 Å². The second-order valence-corrected chi connectivity index (χ2v) is 4.05. The summed E-state index contributed by atoms with van der Waals surface area (Å²) in [4.78, 5) is 22.1. The van der Waals surface area contributed by atoms with Gasteiger partial charge in [-0.3, -0.25) is 20.0 Å². The minimum Gasteiger partial charge on any atom is -0.348 e. The molecule has 2 N–H and O–H groups in total. The number of hydrogen-bond donors (Lipinski definition) is 2. The number of rotatable bonds is 4. The summed E-state index contributed by atoms with van der Waals surface area (Å²) in [6.45, 7) is 2.05. The molecule has 0 spiro atoms. The number of carbonyl (C=O) groups is 1. The summed E-state index contributed by atoms with van der Waals surface area (Å²) in [7, 11) is 0. The van der Waals surface area contributed by atoms with Crippen LogP contribution >= 0.6 is 0 Å². The van der Waals surface area contributed by atoms with Crippen LogP contribution in [-0.4, -0.2) is 21.0 Å². The second-order valence-electron chi connectivity index (χ2n) is 4.05. The van der Waals surface area contributed by atoms with Gasteiger partial charge in [0.15, 0.2) is 0 Å². The Morgan fingerprint density at radius 3 is 2.95 bits per heavy atom. The number of aromatic nitrogens is 2. The Hall–Kier alpha value is -2.70. The van der Waals surface area contributed by atoms with E-state index in [0.717, 1.165) is 5.56 Å². The highest BCUT2D eigenvalue weighted by Gasteiger charge is 2.14. The standard InChI is InChI=1S/C12H12N4O3/c1-8-2-3-10(16(18)19)4-11(8)12(17)13-5-9-6-14-15-7-9/h2-4,6-7H,5H2,1H3,(H,13,17)(H,14,15). The summed E-state index contributed by atoms with van der Waals surface area (Å²) in [6, 6.07) is 4.22. The van der Waals surface area contributed by atoms with Crippen LogP contribution in [0.15, 0.2) is 30.6 Å². The van der Waals surface area contributed by atoms with Gasteiger partial charge < -0.3 is 5.32 Å². The Bertz CT molecular complexity index is 607. The van der Waals surface area contributed by atoms with Crippen molar-refractivity contribution in [2.75, 3.05) is 0 Å². The Balaban J connectivity index is 2.14. The molecule has 0 fully saturated rings. The van der Waals surface area contributed by atoms with Gasteiger partial charge in [-0.25, -0.2) is 0 Å². The monoisotopic (exact) mass is 260 g/mol. The zero-order chi connectivity index (χ0) is 13.8. The van der Waals surface area contributed by atoms with E-state index in [9.17, 15) is 14.9 Å². The number of carbonyl (C=O) groups excluding carboxylic acids is 1. The van der Waals surface area contributed by atoms with Gasteiger partial charge in [-0.2, -0.15) is 5.10 Å². The molecule has 1 aromatic heterocycles. The maximum Gasteiger partial charge on any atom is 0.270 e. The van der Waals surface area contributed by atoms with Crippen LogP contribution in [0.5, 0.6) is 0 Å². The van der Waals surface area contributed by atoms with Crippen molar-refractivity contribution in [2.24, 2.45) is 0 Å². The van der Waals surface area contributed by atoms with Crippen LogP contribution < -0.4 is 5.32 Å². The van der Waals surface area contributed by atoms with Gasteiger partial charge >= 0.3 is 0 Å². The van der Waals surface area contributed by atoms with Crippen molar-refractivity contribution in [1.29, 1.82) is 0 Å². The maximum atomic E-state index is 12.0. The Labute approximate surface area is 108 Å². The topological polar surface area (TPSA) is 101 Å². The average molecular weight is 260 g/mol. The zero-order valence-electron chi connectivity index (χ0n) is 10.2. The number of non-ortho nitro benzene ring substituents is 1. The molecule has 1 heterocycles. The number of nitro benzene ring substituents is 1. The first-order chi connectivity index (χ1) is 9.08. The number of nitro groups is 1. The molecule has 0 aliphatic heterocycles. The van der Waals surface area contributed by atoms with Gasteiger partial charge in [0.25, 0.3) is 11.6 Å². The number of H-pyrrole nitrogens is 1. The molecule has 98 valence electrons. The quantitative estimate of drug-likeness (QED) is 0.643. The summed E-state index contributed by atoms with van der Waals surface area (Å²) < 4.78 is 0. The molecule has 0 bridgehead atoms. The highest BCUT2D eigenvalue weighted by Crippen LogP contribution is 2.17. The van der Waals surface area contributed by atoms with Crippen LogP contribution in [0, 0.1) is 17.0 Å². The lowest BCUT2D eigenvalue weighted by molar-refractivity contribution is -0.384. The second kappa shape index (κ2) is 5.30. The number of nitrogens with zero attached hydrogens (tertiary/aromatic N) is 2. The normalized spacial score (nSPS) is 10.2. The van der Waals surface area contributed by atoms with Gasteiger partial charge in [-0.05, 0) is 12.5 Å². The van der Waals surface area contributed by atoms with E-state index in [2.05, 4.69) is 15.5 Å². The molecule has 2 rings (SSSR count). The molecule has 7 heteroatoms. The Morgan fingerprint density at radius 1 is 1.53 bits per heavy atom. The van der Waals surface area contributed by atoms with Gasteiger partial charge in [-0.15, -0.1) is 0 Å². The molecule has 0 aliphatic carbocycles. The number of aromatic amines is 1. The maximum absolute atomic E-state index is 12.0. The van der Waals surface area contributed by atoms with E-state index in [-0.39, 0.29) is 11.6 Å². The van der Waals surface area contributed by atoms with Crippen LogP contribution in [0.1, 0.15) is 21.5 Å². The van der Waals surface area contributed by atoms with Crippen LogP contribution in [-0.2, 0) is 6.54 Å². The average Bonchev–Trinajstić information content (AvgIpc) is 2.89. The molecule has 0 saturated carbocycles. The fourth-order valence-corrected chi connectivity index (χ4v) is 1.62. The third-order valence-corrected chi connectivity index (χ3v) is 2.68. The van der Waals surface area contributed by atoms with Crippen molar-refractivity contribution in [3.63, 3.8) is 0 Å². The van der Waals surface area contributed by atoms with Crippen LogP contribution in [0.3, 0.4) is 0 Å². The van der Waals surface area contributed by atoms with Gasteiger partial charge in [0, 0.05) is 36.0 Å². The largest absolute Gasteiger partial charge is 0.348 e. The van der Waals surface area contributed by atoms with Crippen molar-refractivity contribution in [3.8, 4) is 0 Å². The molecular formula is C12H12N4O3. The first kappa shape index (κ1) is 12.7. The number of benzene rings is 1.